The average molecular weight is 909 g/mol. The fraction of sp³-hybridized carbons (Fsp3) is 0.532. The Hall–Kier alpha value is -4.01. The summed E-state index contributed by atoms with van der Waals surface area (Å²) in [5.74, 6) is -24.9. The van der Waals surface area contributed by atoms with Crippen molar-refractivity contribution in [2.24, 2.45) is 17.3 Å². The van der Waals surface area contributed by atoms with Gasteiger partial charge in [-0.1, -0.05) is 107 Å². The van der Waals surface area contributed by atoms with Gasteiger partial charge < -0.3 is 19.7 Å². The summed E-state index contributed by atoms with van der Waals surface area (Å²) >= 11 is 1.69. The summed E-state index contributed by atoms with van der Waals surface area (Å²) in [6.45, 7) is 19.6. The van der Waals surface area contributed by atoms with Crippen molar-refractivity contribution in [1.82, 2.24) is 0 Å². The van der Waals surface area contributed by atoms with Crippen molar-refractivity contribution in [3.8, 4) is 23.0 Å². The highest BCUT2D eigenvalue weighted by Crippen LogP contribution is 2.44. The van der Waals surface area contributed by atoms with Gasteiger partial charge in [0.15, 0.2) is 23.0 Å². The third-order valence-electron chi connectivity index (χ3n) is 10.9. The lowest BCUT2D eigenvalue weighted by molar-refractivity contribution is 0.240. The molecule has 2 aliphatic rings. The largest absolute Gasteiger partial charge is 0.504 e. The van der Waals surface area contributed by atoms with Crippen LogP contribution in [0.3, 0.4) is 0 Å². The van der Waals surface area contributed by atoms with E-state index in [1.807, 2.05) is 69.2 Å². The van der Waals surface area contributed by atoms with E-state index in [1.54, 1.807) is 17.8 Å². The van der Waals surface area contributed by atoms with Crippen LogP contribution in [-0.4, -0.2) is 15.5 Å². The Kier molecular flexibility index (Phi) is 18.6. The standard InChI is InChI=1S/C24H27F5O2S.C21H25F5O2.C2H6/c1-24(2,3)14-10-13(12-32-15-8-6-4-5-7-9-15)22(30)16(11-14)31-23-20(28)18(26)17(25)19(27)21(23)29;1-6-10(2)7-11-8-12(21(3,4)5)9-13(19(11)27)28-20-17(25)15(23)14(22)16(24)18(20)26;1-2/h10-11,15,30H,4-9,12H2,1-3H3;9-10,12,27H,6-8H2,1-5H3;1-2H3. The highest BCUT2D eigenvalue weighted by Gasteiger charge is 2.35. The molecule has 0 heterocycles. The number of hydrogen-bond acceptors (Lipinski definition) is 5. The van der Waals surface area contributed by atoms with Crippen molar-refractivity contribution in [3.63, 3.8) is 0 Å². The molecule has 3 aromatic carbocycles. The molecule has 0 radical (unpaired) electrons. The van der Waals surface area contributed by atoms with Crippen LogP contribution in [0.25, 0.3) is 0 Å². The summed E-state index contributed by atoms with van der Waals surface area (Å²) < 4.78 is 147. The number of allylic oxidation sites excluding steroid dienone is 2. The summed E-state index contributed by atoms with van der Waals surface area (Å²) in [5, 5.41) is 21.8. The van der Waals surface area contributed by atoms with Crippen LogP contribution in [0.5, 0.6) is 23.0 Å². The molecule has 2 aliphatic carbocycles. The summed E-state index contributed by atoms with van der Waals surface area (Å²) in [4.78, 5) is 0. The molecule has 0 amide bonds. The fourth-order valence-corrected chi connectivity index (χ4v) is 8.01. The maximum atomic E-state index is 14.2. The van der Waals surface area contributed by atoms with Gasteiger partial charge in [-0.25, -0.2) is 26.3 Å². The Bertz CT molecular complexity index is 2040. The highest BCUT2D eigenvalue weighted by molar-refractivity contribution is 7.99. The first-order valence-electron chi connectivity index (χ1n) is 20.9. The van der Waals surface area contributed by atoms with Crippen LogP contribution in [0.2, 0.25) is 0 Å². The van der Waals surface area contributed by atoms with E-state index < -0.39 is 75.1 Å². The van der Waals surface area contributed by atoms with Crippen LogP contribution in [0.1, 0.15) is 138 Å². The maximum Gasteiger partial charge on any atom is 0.207 e. The Labute approximate surface area is 362 Å². The van der Waals surface area contributed by atoms with Crippen LogP contribution in [-0.2, 0) is 11.2 Å². The molecule has 2 unspecified atom stereocenters. The van der Waals surface area contributed by atoms with Crippen LogP contribution in [0.15, 0.2) is 35.3 Å². The molecule has 0 aliphatic heterocycles. The number of benzene rings is 3. The number of ether oxygens (including phenoxy) is 2. The number of phenols is 1. The number of aliphatic hydroxyl groups excluding tert-OH is 1. The Balaban J connectivity index is 0.000000320. The third-order valence-corrected chi connectivity index (χ3v) is 12.3. The summed E-state index contributed by atoms with van der Waals surface area (Å²) in [5.41, 5.74) is 1.14. The van der Waals surface area contributed by atoms with Gasteiger partial charge in [0, 0.05) is 16.6 Å². The van der Waals surface area contributed by atoms with E-state index in [2.05, 4.69) is 0 Å². The predicted octanol–water partition coefficient (Wildman–Crippen LogP) is 16.1. The number of rotatable bonds is 10. The van der Waals surface area contributed by atoms with E-state index >= 15 is 0 Å². The molecule has 62 heavy (non-hydrogen) atoms. The van der Waals surface area contributed by atoms with E-state index in [4.69, 9.17) is 9.47 Å². The first kappa shape index (κ1) is 52.3. The van der Waals surface area contributed by atoms with Crippen LogP contribution in [0, 0.1) is 75.4 Å². The van der Waals surface area contributed by atoms with Gasteiger partial charge in [-0.15, -0.1) is 0 Å². The quantitative estimate of drug-likeness (QED) is 0.0919. The fourth-order valence-electron chi connectivity index (χ4n) is 6.71. The number of hydrogen-bond donors (Lipinski definition) is 2. The minimum absolute atomic E-state index is 0.154. The van der Waals surface area contributed by atoms with Crippen molar-refractivity contribution in [2.75, 3.05) is 0 Å². The molecule has 0 aromatic heterocycles. The first-order valence-corrected chi connectivity index (χ1v) is 21.9. The second-order valence-corrected chi connectivity index (χ2v) is 18.8. The molecule has 2 atom stereocenters. The average Bonchev–Trinajstić information content (AvgIpc) is 3.51. The van der Waals surface area contributed by atoms with Gasteiger partial charge >= 0.3 is 0 Å². The zero-order valence-corrected chi connectivity index (χ0v) is 37.8. The molecular formula is C47H58F10O4S. The summed E-state index contributed by atoms with van der Waals surface area (Å²) in [7, 11) is 0. The van der Waals surface area contributed by atoms with Gasteiger partial charge in [0.25, 0.3) is 0 Å². The van der Waals surface area contributed by atoms with Gasteiger partial charge in [-0.05, 0) is 71.6 Å². The molecule has 0 saturated heterocycles. The maximum absolute atomic E-state index is 14.2. The SMILES string of the molecule is CC.CC(C)(C)c1cc(CSC2CCCCCC2)c(O)c(Oc2c(F)c(F)c(F)c(F)c2F)c1.CCC(C)CC1=C(O)C(Oc2c(F)c(F)c(F)c(F)c2F)=CC(C(C)(C)C)C1. The minimum Gasteiger partial charge on any atom is -0.504 e. The smallest absolute Gasteiger partial charge is 0.207 e. The lowest BCUT2D eigenvalue weighted by Gasteiger charge is -2.33. The zero-order valence-electron chi connectivity index (χ0n) is 36.9. The highest BCUT2D eigenvalue weighted by atomic mass is 32.2. The molecule has 1 saturated carbocycles. The van der Waals surface area contributed by atoms with Crippen LogP contribution >= 0.6 is 11.8 Å². The monoisotopic (exact) mass is 908 g/mol. The molecule has 5 rings (SSSR count). The second kappa shape index (κ2) is 22.1. The molecule has 1 fully saturated rings. The van der Waals surface area contributed by atoms with Crippen molar-refractivity contribution in [1.29, 1.82) is 0 Å². The van der Waals surface area contributed by atoms with Crippen LogP contribution < -0.4 is 9.47 Å². The zero-order chi connectivity index (χ0) is 47.0. The number of aromatic hydroxyl groups is 1. The Morgan fingerprint density at radius 1 is 0.677 bits per heavy atom. The lowest BCUT2D eigenvalue weighted by Crippen LogP contribution is -2.25. The van der Waals surface area contributed by atoms with E-state index in [0.29, 0.717) is 40.5 Å². The van der Waals surface area contributed by atoms with Gasteiger partial charge in [0.1, 0.15) is 0 Å². The second-order valence-electron chi connectivity index (χ2n) is 17.5. The van der Waals surface area contributed by atoms with Gasteiger partial charge in [-0.3, -0.25) is 0 Å². The molecular weight excluding hydrogens is 851 g/mol. The van der Waals surface area contributed by atoms with Crippen molar-refractivity contribution < 1.29 is 63.6 Å². The Morgan fingerprint density at radius 3 is 1.56 bits per heavy atom. The van der Waals surface area contributed by atoms with E-state index in [0.717, 1.165) is 32.1 Å². The molecule has 3 aromatic rings. The molecule has 0 bridgehead atoms. The number of phenolic OH excluding ortho intramolecular Hbond substituents is 1. The van der Waals surface area contributed by atoms with Gasteiger partial charge in [-0.2, -0.15) is 29.3 Å². The normalized spacial score (nSPS) is 16.7. The topological polar surface area (TPSA) is 58.9 Å². The molecule has 4 nitrogen and oxygen atoms in total. The van der Waals surface area contributed by atoms with Crippen LogP contribution in [0.4, 0.5) is 43.9 Å². The van der Waals surface area contributed by atoms with Crippen molar-refractivity contribution >= 4 is 11.8 Å². The van der Waals surface area contributed by atoms with Gasteiger partial charge in [0.05, 0.1) is 0 Å². The Morgan fingerprint density at radius 2 is 1.13 bits per heavy atom. The lowest BCUT2D eigenvalue weighted by atomic mass is 9.73. The van der Waals surface area contributed by atoms with Crippen molar-refractivity contribution in [2.45, 2.75) is 143 Å². The molecule has 346 valence electrons. The number of thioether (sulfide) groups is 1. The van der Waals surface area contributed by atoms with Crippen molar-refractivity contribution in [3.05, 3.63) is 105 Å². The van der Waals surface area contributed by atoms with E-state index in [1.165, 1.54) is 25.0 Å². The van der Waals surface area contributed by atoms with Gasteiger partial charge in [0.2, 0.25) is 69.7 Å². The summed E-state index contributed by atoms with van der Waals surface area (Å²) in [6.07, 6.45) is 10.3. The first-order chi connectivity index (χ1) is 28.9. The summed E-state index contributed by atoms with van der Waals surface area (Å²) in [6, 6.07) is 3.16. The predicted molar refractivity (Wildman–Crippen MR) is 223 cm³/mol. The number of aliphatic hydroxyl groups is 1. The molecule has 0 spiro atoms. The third kappa shape index (κ3) is 12.6. The minimum atomic E-state index is -2.26. The molecule has 15 heteroatoms. The molecule has 2 N–H and O–H groups in total. The number of halogens is 10. The van der Waals surface area contributed by atoms with E-state index in [9.17, 15) is 54.1 Å². The van der Waals surface area contributed by atoms with E-state index in [-0.39, 0.29) is 40.3 Å².